The van der Waals surface area contributed by atoms with Crippen molar-refractivity contribution < 1.29 is 17.9 Å². The molecule has 16 heavy (non-hydrogen) atoms. The van der Waals surface area contributed by atoms with Crippen molar-refractivity contribution in [2.24, 2.45) is 0 Å². The van der Waals surface area contributed by atoms with Gasteiger partial charge in [-0.2, -0.15) is 0 Å². The highest BCUT2D eigenvalue weighted by Gasteiger charge is 2.18. The second kappa shape index (κ2) is 4.93. The van der Waals surface area contributed by atoms with E-state index in [0.29, 0.717) is 11.3 Å². The number of alkyl halides is 1. The van der Waals surface area contributed by atoms with Crippen LogP contribution in [0.15, 0.2) is 17.0 Å². The first-order chi connectivity index (χ1) is 7.43. The van der Waals surface area contributed by atoms with Crippen molar-refractivity contribution in [3.63, 3.8) is 0 Å². The summed E-state index contributed by atoms with van der Waals surface area (Å²) in [5.41, 5.74) is 0.688. The Morgan fingerprint density at radius 1 is 1.19 bits per heavy atom. The molecule has 1 aromatic carbocycles. The van der Waals surface area contributed by atoms with Gasteiger partial charge in [0.25, 0.3) is 0 Å². The van der Waals surface area contributed by atoms with Gasteiger partial charge < -0.3 is 9.47 Å². The van der Waals surface area contributed by atoms with Crippen LogP contribution in [0.3, 0.4) is 0 Å². The van der Waals surface area contributed by atoms with E-state index >= 15 is 0 Å². The molecule has 0 heterocycles. The van der Waals surface area contributed by atoms with Crippen LogP contribution >= 0.6 is 11.6 Å². The minimum Gasteiger partial charge on any atom is -0.496 e. The van der Waals surface area contributed by atoms with Gasteiger partial charge in [0.05, 0.1) is 20.1 Å². The summed E-state index contributed by atoms with van der Waals surface area (Å²) < 4.78 is 33.1. The lowest BCUT2D eigenvalue weighted by Crippen LogP contribution is -2.03. The van der Waals surface area contributed by atoms with Crippen molar-refractivity contribution in [3.05, 3.63) is 17.7 Å². The normalized spacial score (nSPS) is 11.2. The number of ether oxygens (including phenoxy) is 2. The van der Waals surface area contributed by atoms with Gasteiger partial charge in [0, 0.05) is 17.9 Å². The van der Waals surface area contributed by atoms with E-state index in [4.69, 9.17) is 21.1 Å². The van der Waals surface area contributed by atoms with E-state index in [0.717, 1.165) is 6.26 Å². The molecule has 0 atom stereocenters. The number of sulfone groups is 1. The van der Waals surface area contributed by atoms with Gasteiger partial charge in [-0.3, -0.25) is 0 Å². The summed E-state index contributed by atoms with van der Waals surface area (Å²) in [7, 11) is -0.478. The Morgan fingerprint density at radius 3 is 2.12 bits per heavy atom. The highest BCUT2D eigenvalue weighted by molar-refractivity contribution is 7.90. The molecule has 0 aliphatic carbocycles. The van der Waals surface area contributed by atoms with Crippen molar-refractivity contribution in [1.29, 1.82) is 0 Å². The maximum Gasteiger partial charge on any atom is 0.179 e. The van der Waals surface area contributed by atoms with Crippen LogP contribution in [0.5, 0.6) is 11.5 Å². The summed E-state index contributed by atoms with van der Waals surface area (Å²) in [5.74, 6) is 0.944. The molecule has 0 aliphatic rings. The van der Waals surface area contributed by atoms with E-state index in [2.05, 4.69) is 0 Å². The lowest BCUT2D eigenvalue weighted by atomic mass is 10.2. The van der Waals surface area contributed by atoms with Crippen molar-refractivity contribution in [3.8, 4) is 11.5 Å². The summed E-state index contributed by atoms with van der Waals surface area (Å²) in [6, 6.07) is 2.99. The van der Waals surface area contributed by atoms with Gasteiger partial charge in [0.2, 0.25) is 0 Å². The first kappa shape index (κ1) is 13.1. The van der Waals surface area contributed by atoms with Crippen LogP contribution in [0, 0.1) is 0 Å². The predicted octanol–water partition coefficient (Wildman–Crippen LogP) is 1.85. The van der Waals surface area contributed by atoms with Crippen molar-refractivity contribution in [1.82, 2.24) is 0 Å². The maximum absolute atomic E-state index is 11.5. The zero-order chi connectivity index (χ0) is 12.3. The first-order valence-corrected chi connectivity index (χ1v) is 6.87. The first-order valence-electron chi connectivity index (χ1n) is 4.45. The number of halogens is 1. The van der Waals surface area contributed by atoms with Crippen LogP contribution in [0.4, 0.5) is 0 Å². The fraction of sp³-hybridized carbons (Fsp3) is 0.400. The summed E-state index contributed by atoms with van der Waals surface area (Å²) in [6.07, 6.45) is 1.12. The van der Waals surface area contributed by atoms with E-state index in [-0.39, 0.29) is 16.5 Å². The molecule has 0 spiro atoms. The molecule has 0 saturated carbocycles. The topological polar surface area (TPSA) is 52.6 Å². The minimum absolute atomic E-state index is 0.0979. The summed E-state index contributed by atoms with van der Waals surface area (Å²) in [6.45, 7) is 0. The van der Waals surface area contributed by atoms with E-state index in [9.17, 15) is 8.42 Å². The van der Waals surface area contributed by atoms with Crippen LogP contribution in [0.2, 0.25) is 0 Å². The zero-order valence-corrected chi connectivity index (χ0v) is 10.9. The minimum atomic E-state index is -3.35. The molecule has 0 bridgehead atoms. The van der Waals surface area contributed by atoms with E-state index < -0.39 is 9.84 Å². The highest BCUT2D eigenvalue weighted by Crippen LogP contribution is 2.32. The van der Waals surface area contributed by atoms with Gasteiger partial charge in [-0.05, 0) is 6.07 Å². The third kappa shape index (κ3) is 2.59. The molecular formula is C10H13ClO4S. The summed E-state index contributed by atoms with van der Waals surface area (Å²) in [5, 5.41) is 0. The number of methoxy groups -OCH3 is 2. The van der Waals surface area contributed by atoms with E-state index in [1.807, 2.05) is 0 Å². The number of hydrogen-bond donors (Lipinski definition) is 0. The van der Waals surface area contributed by atoms with Crippen molar-refractivity contribution in [2.45, 2.75) is 10.8 Å². The second-order valence-electron chi connectivity index (χ2n) is 3.22. The fourth-order valence-corrected chi connectivity index (χ4v) is 2.36. The molecule has 0 saturated heterocycles. The quantitative estimate of drug-likeness (QED) is 0.779. The summed E-state index contributed by atoms with van der Waals surface area (Å²) >= 11 is 5.72. The Bertz CT molecular complexity index is 482. The third-order valence-electron chi connectivity index (χ3n) is 2.11. The van der Waals surface area contributed by atoms with Gasteiger partial charge >= 0.3 is 0 Å². The maximum atomic E-state index is 11.5. The van der Waals surface area contributed by atoms with Crippen LogP contribution in [-0.4, -0.2) is 28.9 Å². The van der Waals surface area contributed by atoms with Crippen molar-refractivity contribution >= 4 is 21.4 Å². The Balaban J connectivity index is 3.50. The van der Waals surface area contributed by atoms with Crippen LogP contribution in [0.25, 0.3) is 0 Å². The van der Waals surface area contributed by atoms with Crippen LogP contribution in [-0.2, 0) is 15.7 Å². The molecular weight excluding hydrogens is 252 g/mol. The lowest BCUT2D eigenvalue weighted by molar-refractivity contribution is 0.390. The molecule has 6 heteroatoms. The standard InChI is InChI=1S/C10H13ClO4S/c1-14-8-5-10(16(3,12)13)9(15-2)4-7(8)6-11/h4-5H,6H2,1-3H3. The second-order valence-corrected chi connectivity index (χ2v) is 5.47. The van der Waals surface area contributed by atoms with Gasteiger partial charge in [-0.25, -0.2) is 8.42 Å². The Kier molecular flexibility index (Phi) is 4.04. The molecule has 0 fully saturated rings. The lowest BCUT2D eigenvalue weighted by Gasteiger charge is -2.12. The Hall–Kier alpha value is -0.940. The van der Waals surface area contributed by atoms with Gasteiger partial charge in [-0.1, -0.05) is 0 Å². The van der Waals surface area contributed by atoms with E-state index in [1.165, 1.54) is 20.3 Å². The Morgan fingerprint density at radius 2 is 1.75 bits per heavy atom. The molecule has 0 amide bonds. The molecule has 0 unspecified atom stereocenters. The largest absolute Gasteiger partial charge is 0.496 e. The van der Waals surface area contributed by atoms with Crippen LogP contribution in [0.1, 0.15) is 5.56 Å². The van der Waals surface area contributed by atoms with Crippen molar-refractivity contribution in [2.75, 3.05) is 20.5 Å². The number of rotatable bonds is 4. The molecule has 0 aliphatic heterocycles. The Labute approximate surface area is 100 Å². The monoisotopic (exact) mass is 264 g/mol. The molecule has 90 valence electrons. The zero-order valence-electron chi connectivity index (χ0n) is 9.28. The molecule has 0 N–H and O–H groups in total. The van der Waals surface area contributed by atoms with Gasteiger partial charge in [0.15, 0.2) is 9.84 Å². The van der Waals surface area contributed by atoms with Crippen LogP contribution < -0.4 is 9.47 Å². The molecule has 1 rings (SSSR count). The molecule has 4 nitrogen and oxygen atoms in total. The summed E-state index contributed by atoms with van der Waals surface area (Å²) in [4.78, 5) is 0.0979. The fourth-order valence-electron chi connectivity index (χ4n) is 1.33. The molecule has 0 aromatic heterocycles. The molecule has 1 aromatic rings. The third-order valence-corrected chi connectivity index (χ3v) is 3.52. The average molecular weight is 265 g/mol. The smallest absolute Gasteiger partial charge is 0.179 e. The average Bonchev–Trinajstić information content (AvgIpc) is 2.25. The van der Waals surface area contributed by atoms with Gasteiger partial charge in [-0.15, -0.1) is 11.6 Å². The number of hydrogen-bond acceptors (Lipinski definition) is 4. The van der Waals surface area contributed by atoms with Gasteiger partial charge in [0.1, 0.15) is 16.4 Å². The highest BCUT2D eigenvalue weighted by atomic mass is 35.5. The number of benzene rings is 1. The molecule has 0 radical (unpaired) electrons. The predicted molar refractivity (Wildman–Crippen MR) is 62.2 cm³/mol. The van der Waals surface area contributed by atoms with E-state index in [1.54, 1.807) is 6.07 Å². The SMILES string of the molecule is COc1cc(S(C)(=O)=O)c(OC)cc1CCl.